The van der Waals surface area contributed by atoms with Crippen LogP contribution in [-0.4, -0.2) is 47.8 Å². The first-order valence-corrected chi connectivity index (χ1v) is 8.63. The molecule has 0 saturated carbocycles. The van der Waals surface area contributed by atoms with E-state index in [0.29, 0.717) is 23.7 Å². The molecule has 5 heteroatoms. The van der Waals surface area contributed by atoms with E-state index in [1.54, 1.807) is 29.2 Å². The van der Waals surface area contributed by atoms with Crippen molar-refractivity contribution >= 4 is 23.4 Å². The maximum Gasteiger partial charge on any atom is 0.253 e. The van der Waals surface area contributed by atoms with Crippen LogP contribution in [0.15, 0.2) is 24.3 Å². The SMILES string of the molecule is CCC(C)N(C)C(=O)C1CCCN(C(=O)c2ccc(Cl)cc2)C1. The average Bonchev–Trinajstić information content (AvgIpc) is 2.59. The number of hydrogen-bond donors (Lipinski definition) is 0. The summed E-state index contributed by atoms with van der Waals surface area (Å²) in [6, 6.07) is 7.14. The second-order valence-electron chi connectivity index (χ2n) is 6.30. The number of piperidine rings is 1. The Hall–Kier alpha value is -1.55. The Kier molecular flexibility index (Phi) is 6.05. The maximum atomic E-state index is 12.6. The smallest absolute Gasteiger partial charge is 0.253 e. The van der Waals surface area contributed by atoms with Gasteiger partial charge in [0, 0.05) is 36.8 Å². The fourth-order valence-electron chi connectivity index (χ4n) is 2.92. The first-order valence-electron chi connectivity index (χ1n) is 8.25. The van der Waals surface area contributed by atoms with Gasteiger partial charge in [-0.1, -0.05) is 18.5 Å². The van der Waals surface area contributed by atoms with Crippen molar-refractivity contribution in [1.29, 1.82) is 0 Å². The average molecular weight is 337 g/mol. The molecule has 4 nitrogen and oxygen atoms in total. The fraction of sp³-hybridized carbons (Fsp3) is 0.556. The van der Waals surface area contributed by atoms with Crippen LogP contribution in [0.2, 0.25) is 5.02 Å². The first-order chi connectivity index (χ1) is 10.9. The molecule has 1 heterocycles. The molecule has 1 aromatic carbocycles. The van der Waals surface area contributed by atoms with E-state index in [0.717, 1.165) is 19.3 Å². The topological polar surface area (TPSA) is 40.6 Å². The lowest BCUT2D eigenvalue weighted by Gasteiger charge is -2.35. The Bertz CT molecular complexity index is 559. The van der Waals surface area contributed by atoms with Gasteiger partial charge in [-0.2, -0.15) is 0 Å². The van der Waals surface area contributed by atoms with Crippen molar-refractivity contribution in [2.45, 2.75) is 39.2 Å². The van der Waals surface area contributed by atoms with Gasteiger partial charge in [-0.3, -0.25) is 9.59 Å². The summed E-state index contributed by atoms with van der Waals surface area (Å²) in [4.78, 5) is 28.8. The Labute approximate surface area is 143 Å². The van der Waals surface area contributed by atoms with E-state index in [9.17, 15) is 9.59 Å². The summed E-state index contributed by atoms with van der Waals surface area (Å²) >= 11 is 5.87. The van der Waals surface area contributed by atoms with E-state index in [1.165, 1.54) is 0 Å². The van der Waals surface area contributed by atoms with Crippen LogP contribution in [0.1, 0.15) is 43.5 Å². The van der Waals surface area contributed by atoms with Crippen molar-refractivity contribution in [3.8, 4) is 0 Å². The molecule has 2 rings (SSSR count). The Morgan fingerprint density at radius 3 is 2.61 bits per heavy atom. The molecule has 1 aromatic rings. The molecule has 2 unspecified atom stereocenters. The summed E-state index contributed by atoms with van der Waals surface area (Å²) in [6.45, 7) is 5.34. The largest absolute Gasteiger partial charge is 0.343 e. The highest BCUT2D eigenvalue weighted by Gasteiger charge is 2.31. The van der Waals surface area contributed by atoms with Crippen LogP contribution in [0.4, 0.5) is 0 Å². The zero-order valence-electron chi connectivity index (χ0n) is 14.1. The van der Waals surface area contributed by atoms with Gasteiger partial charge in [-0.25, -0.2) is 0 Å². The van der Waals surface area contributed by atoms with Crippen LogP contribution < -0.4 is 0 Å². The van der Waals surface area contributed by atoms with Gasteiger partial charge in [0.1, 0.15) is 0 Å². The van der Waals surface area contributed by atoms with Gasteiger partial charge in [0.15, 0.2) is 0 Å². The summed E-state index contributed by atoms with van der Waals surface area (Å²) in [7, 11) is 1.86. The third-order valence-corrected chi connectivity index (χ3v) is 5.00. The summed E-state index contributed by atoms with van der Waals surface area (Å²) in [6.07, 6.45) is 2.65. The molecular weight excluding hydrogens is 312 g/mol. The van der Waals surface area contributed by atoms with E-state index in [1.807, 2.05) is 11.9 Å². The number of carbonyl (C=O) groups is 2. The van der Waals surface area contributed by atoms with Gasteiger partial charge in [-0.15, -0.1) is 0 Å². The molecule has 126 valence electrons. The molecule has 1 aliphatic heterocycles. The zero-order chi connectivity index (χ0) is 17.0. The summed E-state index contributed by atoms with van der Waals surface area (Å²) in [5.41, 5.74) is 0.623. The van der Waals surface area contributed by atoms with Gasteiger partial charge < -0.3 is 9.80 Å². The van der Waals surface area contributed by atoms with Gasteiger partial charge in [0.25, 0.3) is 5.91 Å². The lowest BCUT2D eigenvalue weighted by atomic mass is 9.95. The second-order valence-corrected chi connectivity index (χ2v) is 6.74. The molecular formula is C18H25ClN2O2. The Morgan fingerprint density at radius 1 is 1.35 bits per heavy atom. The van der Waals surface area contributed by atoms with Crippen molar-refractivity contribution in [1.82, 2.24) is 9.80 Å². The van der Waals surface area contributed by atoms with Crippen LogP contribution in [-0.2, 0) is 4.79 Å². The van der Waals surface area contributed by atoms with E-state index < -0.39 is 0 Å². The highest BCUT2D eigenvalue weighted by Crippen LogP contribution is 2.22. The van der Waals surface area contributed by atoms with Crippen LogP contribution >= 0.6 is 11.6 Å². The molecule has 2 atom stereocenters. The molecule has 0 radical (unpaired) electrons. The molecule has 0 spiro atoms. The Morgan fingerprint density at radius 2 is 2.00 bits per heavy atom. The number of likely N-dealkylation sites (tertiary alicyclic amines) is 1. The zero-order valence-corrected chi connectivity index (χ0v) is 14.8. The predicted octanol–water partition coefficient (Wildman–Crippen LogP) is 3.45. The normalized spacial score (nSPS) is 19.3. The minimum absolute atomic E-state index is 0.0228. The van der Waals surface area contributed by atoms with Gasteiger partial charge in [-0.05, 0) is 50.5 Å². The number of benzene rings is 1. The minimum atomic E-state index is -0.0981. The van der Waals surface area contributed by atoms with Crippen molar-refractivity contribution in [2.75, 3.05) is 20.1 Å². The predicted molar refractivity (Wildman–Crippen MR) is 92.6 cm³/mol. The summed E-state index contributed by atoms with van der Waals surface area (Å²) in [5, 5.41) is 0.614. The molecule has 1 fully saturated rings. The second kappa shape index (κ2) is 7.82. The Balaban J connectivity index is 2.04. The number of rotatable bonds is 4. The standard InChI is InChI=1S/C18H25ClN2O2/c1-4-13(2)20(3)17(22)15-6-5-11-21(12-15)18(23)14-7-9-16(19)10-8-14/h7-10,13,15H,4-6,11-12H2,1-3H3. The molecule has 23 heavy (non-hydrogen) atoms. The van der Waals surface area contributed by atoms with Crippen LogP contribution in [0.5, 0.6) is 0 Å². The lowest BCUT2D eigenvalue weighted by Crippen LogP contribution is -2.47. The van der Waals surface area contributed by atoms with Crippen molar-refractivity contribution in [2.24, 2.45) is 5.92 Å². The van der Waals surface area contributed by atoms with Crippen molar-refractivity contribution < 1.29 is 9.59 Å². The maximum absolute atomic E-state index is 12.6. The van der Waals surface area contributed by atoms with E-state index in [-0.39, 0.29) is 23.8 Å². The number of hydrogen-bond acceptors (Lipinski definition) is 2. The van der Waals surface area contributed by atoms with E-state index in [4.69, 9.17) is 11.6 Å². The third-order valence-electron chi connectivity index (χ3n) is 4.75. The highest BCUT2D eigenvalue weighted by molar-refractivity contribution is 6.30. The monoisotopic (exact) mass is 336 g/mol. The fourth-order valence-corrected chi connectivity index (χ4v) is 3.04. The number of amides is 2. The van der Waals surface area contributed by atoms with Crippen LogP contribution in [0.3, 0.4) is 0 Å². The number of carbonyl (C=O) groups excluding carboxylic acids is 2. The summed E-state index contributed by atoms with van der Waals surface area (Å²) < 4.78 is 0. The van der Waals surface area contributed by atoms with Gasteiger partial charge >= 0.3 is 0 Å². The molecule has 1 aliphatic rings. The van der Waals surface area contributed by atoms with Gasteiger partial charge in [0.05, 0.1) is 5.92 Å². The molecule has 0 aromatic heterocycles. The quantitative estimate of drug-likeness (QED) is 0.845. The molecule has 2 amide bonds. The minimum Gasteiger partial charge on any atom is -0.343 e. The van der Waals surface area contributed by atoms with Crippen LogP contribution in [0.25, 0.3) is 0 Å². The first kappa shape index (κ1) is 17.8. The molecule has 1 saturated heterocycles. The molecule has 0 bridgehead atoms. The van der Waals surface area contributed by atoms with E-state index in [2.05, 4.69) is 13.8 Å². The van der Waals surface area contributed by atoms with Crippen molar-refractivity contribution in [3.05, 3.63) is 34.9 Å². The lowest BCUT2D eigenvalue weighted by molar-refractivity contribution is -0.137. The van der Waals surface area contributed by atoms with Crippen LogP contribution in [0, 0.1) is 5.92 Å². The number of halogens is 1. The van der Waals surface area contributed by atoms with E-state index >= 15 is 0 Å². The molecule has 0 N–H and O–H groups in total. The van der Waals surface area contributed by atoms with Gasteiger partial charge in [0.2, 0.25) is 5.91 Å². The van der Waals surface area contributed by atoms with Crippen molar-refractivity contribution in [3.63, 3.8) is 0 Å². The molecule has 0 aliphatic carbocycles. The highest BCUT2D eigenvalue weighted by atomic mass is 35.5. The number of nitrogens with zero attached hydrogens (tertiary/aromatic N) is 2. The summed E-state index contributed by atoms with van der Waals surface area (Å²) in [5.74, 6) is 0.0253. The third kappa shape index (κ3) is 4.25.